The van der Waals surface area contributed by atoms with Crippen molar-refractivity contribution in [2.45, 2.75) is 5.92 Å². The third-order valence-electron chi connectivity index (χ3n) is 1.97. The Kier molecular flexibility index (Phi) is 3.88. The molecule has 0 heterocycles. The maximum Gasteiger partial charge on any atom is 0.286 e. The maximum atomic E-state index is 13.5. The Morgan fingerprint density at radius 1 is 1.47 bits per heavy atom. The molecule has 0 aliphatic heterocycles. The molecule has 15 heavy (non-hydrogen) atoms. The van der Waals surface area contributed by atoms with Gasteiger partial charge in [-0.1, -0.05) is 11.6 Å². The molecule has 0 spiro atoms. The standard InChI is InChI=1S/C10H12ClF2NO/c1-14-6-10(12,13)8-4-3-7(15-2)5-9(8)11/h3-5,14H,6H2,1-2H3. The van der Waals surface area contributed by atoms with Gasteiger partial charge < -0.3 is 10.1 Å². The molecular formula is C10H12ClF2NO. The topological polar surface area (TPSA) is 21.3 Å². The average molecular weight is 236 g/mol. The van der Waals surface area contributed by atoms with E-state index < -0.39 is 12.5 Å². The fourth-order valence-electron chi connectivity index (χ4n) is 1.24. The van der Waals surface area contributed by atoms with Gasteiger partial charge in [0.1, 0.15) is 5.75 Å². The molecule has 0 saturated carbocycles. The highest BCUT2D eigenvalue weighted by Gasteiger charge is 2.32. The predicted molar refractivity (Wildman–Crippen MR) is 55.8 cm³/mol. The van der Waals surface area contributed by atoms with Gasteiger partial charge in [-0.2, -0.15) is 8.78 Å². The van der Waals surface area contributed by atoms with Crippen LogP contribution in [0.15, 0.2) is 18.2 Å². The number of hydrogen-bond donors (Lipinski definition) is 1. The largest absolute Gasteiger partial charge is 0.497 e. The highest BCUT2D eigenvalue weighted by atomic mass is 35.5. The van der Waals surface area contributed by atoms with Crippen LogP contribution in [0.4, 0.5) is 8.78 Å². The first-order valence-electron chi connectivity index (χ1n) is 4.37. The van der Waals surface area contributed by atoms with Gasteiger partial charge in [0, 0.05) is 5.56 Å². The highest BCUT2D eigenvalue weighted by molar-refractivity contribution is 6.31. The van der Waals surface area contributed by atoms with E-state index in [9.17, 15) is 8.78 Å². The smallest absolute Gasteiger partial charge is 0.286 e. The number of methoxy groups -OCH3 is 1. The van der Waals surface area contributed by atoms with E-state index >= 15 is 0 Å². The van der Waals surface area contributed by atoms with Gasteiger partial charge in [-0.25, -0.2) is 0 Å². The average Bonchev–Trinajstić information content (AvgIpc) is 2.17. The van der Waals surface area contributed by atoms with Crippen molar-refractivity contribution in [3.63, 3.8) is 0 Å². The van der Waals surface area contributed by atoms with E-state index in [4.69, 9.17) is 16.3 Å². The molecule has 1 N–H and O–H groups in total. The van der Waals surface area contributed by atoms with Crippen LogP contribution >= 0.6 is 11.6 Å². The van der Waals surface area contributed by atoms with Crippen molar-refractivity contribution in [2.24, 2.45) is 0 Å². The van der Waals surface area contributed by atoms with E-state index in [2.05, 4.69) is 5.32 Å². The molecule has 0 amide bonds. The molecule has 0 aliphatic carbocycles. The third kappa shape index (κ3) is 2.79. The van der Waals surface area contributed by atoms with Gasteiger partial charge in [0.05, 0.1) is 18.7 Å². The van der Waals surface area contributed by atoms with Crippen molar-refractivity contribution < 1.29 is 13.5 Å². The molecule has 84 valence electrons. The molecule has 1 aromatic rings. The Hall–Kier alpha value is -0.870. The van der Waals surface area contributed by atoms with Gasteiger partial charge >= 0.3 is 0 Å². The number of halogens is 3. The van der Waals surface area contributed by atoms with Crippen LogP contribution in [-0.4, -0.2) is 20.7 Å². The maximum absolute atomic E-state index is 13.5. The van der Waals surface area contributed by atoms with Gasteiger partial charge in [0.2, 0.25) is 0 Å². The Morgan fingerprint density at radius 2 is 2.13 bits per heavy atom. The molecular weight excluding hydrogens is 224 g/mol. The summed E-state index contributed by atoms with van der Waals surface area (Å²) in [4.78, 5) is 0. The quantitative estimate of drug-likeness (QED) is 0.866. The van der Waals surface area contributed by atoms with Crippen LogP contribution in [0.5, 0.6) is 5.75 Å². The summed E-state index contributed by atoms with van der Waals surface area (Å²) < 4.78 is 31.8. The molecule has 0 aromatic heterocycles. The first-order chi connectivity index (χ1) is 7.01. The lowest BCUT2D eigenvalue weighted by Crippen LogP contribution is -2.28. The normalized spacial score (nSPS) is 11.5. The fourth-order valence-corrected chi connectivity index (χ4v) is 1.55. The first kappa shape index (κ1) is 12.2. The zero-order valence-corrected chi connectivity index (χ0v) is 9.24. The second kappa shape index (κ2) is 4.77. The summed E-state index contributed by atoms with van der Waals surface area (Å²) in [6.07, 6.45) is 0. The number of likely N-dealkylation sites (N-methyl/N-ethyl adjacent to an activating group) is 1. The molecule has 0 atom stereocenters. The Bertz CT molecular complexity index is 344. The number of rotatable bonds is 4. The zero-order chi connectivity index (χ0) is 11.5. The molecule has 0 unspecified atom stereocenters. The van der Waals surface area contributed by atoms with Crippen molar-refractivity contribution in [3.05, 3.63) is 28.8 Å². The van der Waals surface area contributed by atoms with E-state index in [0.717, 1.165) is 0 Å². The minimum atomic E-state index is -2.97. The lowest BCUT2D eigenvalue weighted by atomic mass is 10.1. The summed E-state index contributed by atoms with van der Waals surface area (Å²) in [7, 11) is 2.92. The second-order valence-corrected chi connectivity index (χ2v) is 3.49. The third-order valence-corrected chi connectivity index (χ3v) is 2.28. The first-order valence-corrected chi connectivity index (χ1v) is 4.75. The van der Waals surface area contributed by atoms with Crippen LogP contribution in [0.1, 0.15) is 5.56 Å². The highest BCUT2D eigenvalue weighted by Crippen LogP contribution is 2.34. The van der Waals surface area contributed by atoms with Gasteiger partial charge in [-0.3, -0.25) is 0 Å². The fraction of sp³-hybridized carbons (Fsp3) is 0.400. The van der Waals surface area contributed by atoms with E-state index in [1.807, 2.05) is 0 Å². The van der Waals surface area contributed by atoms with Crippen LogP contribution in [0, 0.1) is 0 Å². The van der Waals surface area contributed by atoms with E-state index in [0.29, 0.717) is 5.75 Å². The van der Waals surface area contributed by atoms with E-state index in [1.54, 1.807) is 0 Å². The Balaban J connectivity index is 3.04. The molecule has 0 fully saturated rings. The van der Waals surface area contributed by atoms with Crippen LogP contribution in [-0.2, 0) is 5.92 Å². The van der Waals surface area contributed by atoms with Crippen molar-refractivity contribution >= 4 is 11.6 Å². The van der Waals surface area contributed by atoms with Gasteiger partial charge in [-0.05, 0) is 25.2 Å². The van der Waals surface area contributed by atoms with Crippen LogP contribution in [0.3, 0.4) is 0 Å². The lowest BCUT2D eigenvalue weighted by molar-refractivity contribution is -0.00116. The monoisotopic (exact) mass is 235 g/mol. The summed E-state index contributed by atoms with van der Waals surface area (Å²) in [5.41, 5.74) is -0.195. The van der Waals surface area contributed by atoms with Gasteiger partial charge in [-0.15, -0.1) is 0 Å². The summed E-state index contributed by atoms with van der Waals surface area (Å²) in [6, 6.07) is 4.11. The van der Waals surface area contributed by atoms with Crippen LogP contribution in [0.2, 0.25) is 5.02 Å². The molecule has 0 bridgehead atoms. The molecule has 0 radical (unpaired) electrons. The Labute approximate surface area is 92.2 Å². The molecule has 0 aliphatic rings. The molecule has 5 heteroatoms. The molecule has 1 aromatic carbocycles. The van der Waals surface area contributed by atoms with Crippen molar-refractivity contribution in [1.29, 1.82) is 0 Å². The molecule has 1 rings (SSSR count). The summed E-state index contributed by atoms with van der Waals surface area (Å²) in [5, 5.41) is 2.43. The van der Waals surface area contributed by atoms with E-state index in [1.165, 1.54) is 32.4 Å². The van der Waals surface area contributed by atoms with Crippen LogP contribution in [0.25, 0.3) is 0 Å². The number of alkyl halides is 2. The second-order valence-electron chi connectivity index (χ2n) is 3.08. The number of nitrogens with one attached hydrogen (secondary N) is 1. The minimum Gasteiger partial charge on any atom is -0.497 e. The number of benzene rings is 1. The summed E-state index contributed by atoms with van der Waals surface area (Å²) >= 11 is 5.74. The molecule has 0 saturated heterocycles. The predicted octanol–water partition coefficient (Wildman–Crippen LogP) is 2.66. The van der Waals surface area contributed by atoms with Crippen molar-refractivity contribution in [2.75, 3.05) is 20.7 Å². The summed E-state index contributed by atoms with van der Waals surface area (Å²) in [6.45, 7) is -0.445. The summed E-state index contributed by atoms with van der Waals surface area (Å²) in [5.74, 6) is -2.51. The van der Waals surface area contributed by atoms with Crippen molar-refractivity contribution in [1.82, 2.24) is 5.32 Å². The lowest BCUT2D eigenvalue weighted by Gasteiger charge is -2.17. The Morgan fingerprint density at radius 3 is 2.60 bits per heavy atom. The van der Waals surface area contributed by atoms with E-state index in [-0.39, 0.29) is 10.6 Å². The minimum absolute atomic E-state index is 0.00889. The number of ether oxygens (including phenoxy) is 1. The molecule has 2 nitrogen and oxygen atoms in total. The van der Waals surface area contributed by atoms with Gasteiger partial charge in [0.25, 0.3) is 5.92 Å². The number of hydrogen-bond acceptors (Lipinski definition) is 2. The SMILES string of the molecule is CNCC(F)(F)c1ccc(OC)cc1Cl. The zero-order valence-electron chi connectivity index (χ0n) is 8.48. The van der Waals surface area contributed by atoms with Crippen LogP contribution < -0.4 is 10.1 Å². The van der Waals surface area contributed by atoms with Crippen molar-refractivity contribution in [3.8, 4) is 5.75 Å². The van der Waals surface area contributed by atoms with Gasteiger partial charge in [0.15, 0.2) is 0 Å².